The first-order chi connectivity index (χ1) is 9.97. The Morgan fingerprint density at radius 2 is 2.05 bits per heavy atom. The maximum absolute atomic E-state index is 13.1. The van der Waals surface area contributed by atoms with E-state index in [1.165, 1.54) is 12.1 Å². The summed E-state index contributed by atoms with van der Waals surface area (Å²) in [5, 5.41) is 10.8. The quantitative estimate of drug-likeness (QED) is 0.675. The van der Waals surface area contributed by atoms with Crippen molar-refractivity contribution in [1.82, 2.24) is 0 Å². The van der Waals surface area contributed by atoms with E-state index in [2.05, 4.69) is 0 Å². The molecule has 0 spiro atoms. The molecular weight excluding hydrogens is 279 g/mol. The number of benzene rings is 2. The summed E-state index contributed by atoms with van der Waals surface area (Å²) < 4.78 is 18.4. The fourth-order valence-corrected chi connectivity index (χ4v) is 1.73. The molecule has 0 heterocycles. The van der Waals surface area contributed by atoms with Crippen LogP contribution in [0.15, 0.2) is 42.5 Å². The molecule has 0 unspecified atom stereocenters. The Bertz CT molecular complexity index is 703. The number of amides is 1. The van der Waals surface area contributed by atoms with E-state index in [0.29, 0.717) is 11.1 Å². The van der Waals surface area contributed by atoms with Gasteiger partial charge in [-0.3, -0.25) is 14.9 Å². The Hall–Kier alpha value is -2.96. The van der Waals surface area contributed by atoms with Gasteiger partial charge in [0.25, 0.3) is 0 Å². The van der Waals surface area contributed by atoms with E-state index in [9.17, 15) is 19.3 Å². The lowest BCUT2D eigenvalue weighted by molar-refractivity contribution is -0.386. The van der Waals surface area contributed by atoms with Crippen molar-refractivity contribution in [3.63, 3.8) is 0 Å². The number of nitro benzene ring substituents is 1. The first kappa shape index (κ1) is 14.4. The average Bonchev–Trinajstić information content (AvgIpc) is 2.45. The predicted octanol–water partition coefficient (Wildman–Crippen LogP) is 2.41. The second kappa shape index (κ2) is 6.00. The maximum atomic E-state index is 13.1. The van der Waals surface area contributed by atoms with E-state index in [4.69, 9.17) is 10.5 Å². The third-order valence-corrected chi connectivity index (χ3v) is 2.72. The molecule has 0 saturated carbocycles. The zero-order chi connectivity index (χ0) is 15.4. The zero-order valence-electron chi connectivity index (χ0n) is 10.8. The Kier molecular flexibility index (Phi) is 4.13. The van der Waals surface area contributed by atoms with Gasteiger partial charge in [0.1, 0.15) is 12.4 Å². The number of nitrogens with zero attached hydrogens (tertiary/aromatic N) is 1. The summed E-state index contributed by atoms with van der Waals surface area (Å²) in [6.45, 7) is -0.0502. The van der Waals surface area contributed by atoms with Gasteiger partial charge in [0, 0.05) is 17.7 Å². The van der Waals surface area contributed by atoms with Gasteiger partial charge in [-0.25, -0.2) is 4.39 Å². The predicted molar refractivity (Wildman–Crippen MR) is 72.3 cm³/mol. The molecule has 0 atom stereocenters. The Labute approximate surface area is 119 Å². The Morgan fingerprint density at radius 3 is 2.71 bits per heavy atom. The van der Waals surface area contributed by atoms with Gasteiger partial charge in [-0.1, -0.05) is 12.1 Å². The lowest BCUT2D eigenvalue weighted by atomic mass is 10.1. The monoisotopic (exact) mass is 290 g/mol. The summed E-state index contributed by atoms with van der Waals surface area (Å²) in [6.07, 6.45) is 0. The summed E-state index contributed by atoms with van der Waals surface area (Å²) in [4.78, 5) is 21.2. The van der Waals surface area contributed by atoms with Crippen LogP contribution in [0.25, 0.3) is 0 Å². The largest absolute Gasteiger partial charge is 0.482 e. The molecule has 0 aliphatic carbocycles. The normalized spacial score (nSPS) is 10.1. The smallest absolute Gasteiger partial charge is 0.311 e. The minimum atomic E-state index is -0.658. The second-order valence-corrected chi connectivity index (χ2v) is 4.22. The molecule has 0 fully saturated rings. The number of rotatable bonds is 5. The highest BCUT2D eigenvalue weighted by Crippen LogP contribution is 2.28. The van der Waals surface area contributed by atoms with Crippen LogP contribution in [0.1, 0.15) is 15.9 Å². The lowest BCUT2D eigenvalue weighted by Crippen LogP contribution is -2.11. The third-order valence-electron chi connectivity index (χ3n) is 2.72. The van der Waals surface area contributed by atoms with Gasteiger partial charge in [0.05, 0.1) is 4.92 Å². The van der Waals surface area contributed by atoms with Crippen LogP contribution in [0.2, 0.25) is 0 Å². The molecule has 2 rings (SSSR count). The van der Waals surface area contributed by atoms with Crippen molar-refractivity contribution in [2.24, 2.45) is 5.73 Å². The molecule has 0 saturated heterocycles. The van der Waals surface area contributed by atoms with Crippen LogP contribution in [0.3, 0.4) is 0 Å². The summed E-state index contributed by atoms with van der Waals surface area (Å²) >= 11 is 0. The summed E-state index contributed by atoms with van der Waals surface area (Å²) in [5.41, 5.74) is 5.71. The lowest BCUT2D eigenvalue weighted by Gasteiger charge is -2.07. The second-order valence-electron chi connectivity index (χ2n) is 4.22. The van der Waals surface area contributed by atoms with Crippen molar-refractivity contribution in [2.75, 3.05) is 0 Å². The molecule has 7 heteroatoms. The maximum Gasteiger partial charge on any atom is 0.311 e. The molecule has 2 N–H and O–H groups in total. The third kappa shape index (κ3) is 3.53. The van der Waals surface area contributed by atoms with Crippen molar-refractivity contribution in [1.29, 1.82) is 0 Å². The summed E-state index contributed by atoms with van der Waals surface area (Å²) in [7, 11) is 0. The van der Waals surface area contributed by atoms with E-state index in [0.717, 1.165) is 18.2 Å². The van der Waals surface area contributed by atoms with Crippen molar-refractivity contribution < 1.29 is 18.8 Å². The molecule has 0 aliphatic heterocycles. The standard InChI is InChI=1S/C14H11FN2O4/c15-11-4-5-12(17(19)20)13(7-11)21-8-9-2-1-3-10(6-9)14(16)18/h1-7H,8H2,(H2,16,18). The molecule has 2 aromatic rings. The van der Waals surface area contributed by atoms with Crippen LogP contribution in [0, 0.1) is 15.9 Å². The van der Waals surface area contributed by atoms with Crippen LogP contribution in [-0.4, -0.2) is 10.8 Å². The molecule has 6 nitrogen and oxygen atoms in total. The van der Waals surface area contributed by atoms with E-state index < -0.39 is 16.6 Å². The van der Waals surface area contributed by atoms with Crippen molar-refractivity contribution in [2.45, 2.75) is 6.61 Å². The molecule has 1 amide bonds. The van der Waals surface area contributed by atoms with Crippen molar-refractivity contribution in [3.05, 3.63) is 69.5 Å². The van der Waals surface area contributed by atoms with E-state index in [-0.39, 0.29) is 18.0 Å². The number of carbonyl (C=O) groups is 1. The molecule has 0 aromatic heterocycles. The number of halogens is 1. The van der Waals surface area contributed by atoms with Crippen molar-refractivity contribution >= 4 is 11.6 Å². The topological polar surface area (TPSA) is 95.5 Å². The number of carbonyl (C=O) groups excluding carboxylic acids is 1. The van der Waals surface area contributed by atoms with Crippen molar-refractivity contribution in [3.8, 4) is 5.75 Å². The average molecular weight is 290 g/mol. The SMILES string of the molecule is NC(=O)c1cccc(COc2cc(F)ccc2[N+](=O)[O-])c1. The van der Waals surface area contributed by atoms with Gasteiger partial charge in [-0.2, -0.15) is 0 Å². The van der Waals surface area contributed by atoms with Gasteiger partial charge in [-0.05, 0) is 23.8 Å². The minimum Gasteiger partial charge on any atom is -0.482 e. The first-order valence-corrected chi connectivity index (χ1v) is 5.93. The highest BCUT2D eigenvalue weighted by Gasteiger charge is 2.16. The number of ether oxygens (including phenoxy) is 1. The fourth-order valence-electron chi connectivity index (χ4n) is 1.73. The molecule has 21 heavy (non-hydrogen) atoms. The van der Waals surface area contributed by atoms with Crippen LogP contribution < -0.4 is 10.5 Å². The highest BCUT2D eigenvalue weighted by atomic mass is 19.1. The van der Waals surface area contributed by atoms with Gasteiger partial charge in [0.15, 0.2) is 5.75 Å². The number of nitrogens with two attached hydrogens (primary N) is 1. The summed E-state index contributed by atoms with van der Waals surface area (Å²) in [5.74, 6) is -1.40. The molecule has 2 aromatic carbocycles. The highest BCUT2D eigenvalue weighted by molar-refractivity contribution is 5.92. The van der Waals surface area contributed by atoms with Crippen LogP contribution >= 0.6 is 0 Å². The Balaban J connectivity index is 2.20. The van der Waals surface area contributed by atoms with E-state index in [1.54, 1.807) is 12.1 Å². The van der Waals surface area contributed by atoms with Crippen LogP contribution in [-0.2, 0) is 6.61 Å². The van der Waals surface area contributed by atoms with Gasteiger partial charge < -0.3 is 10.5 Å². The number of hydrogen-bond acceptors (Lipinski definition) is 4. The van der Waals surface area contributed by atoms with Crippen LogP contribution in [0.5, 0.6) is 5.75 Å². The Morgan fingerprint density at radius 1 is 1.29 bits per heavy atom. The fraction of sp³-hybridized carbons (Fsp3) is 0.0714. The van der Waals surface area contributed by atoms with Gasteiger partial charge in [-0.15, -0.1) is 0 Å². The number of nitro groups is 1. The van der Waals surface area contributed by atoms with Gasteiger partial charge in [0.2, 0.25) is 5.91 Å². The van der Waals surface area contributed by atoms with E-state index >= 15 is 0 Å². The molecule has 108 valence electrons. The zero-order valence-corrected chi connectivity index (χ0v) is 10.8. The minimum absolute atomic E-state index is 0.0502. The van der Waals surface area contributed by atoms with Gasteiger partial charge >= 0.3 is 5.69 Å². The molecule has 0 radical (unpaired) electrons. The summed E-state index contributed by atoms with van der Waals surface area (Å²) in [6, 6.07) is 9.28. The number of primary amides is 1. The molecule has 0 bridgehead atoms. The van der Waals surface area contributed by atoms with E-state index in [1.807, 2.05) is 0 Å². The van der Waals surface area contributed by atoms with Crippen LogP contribution in [0.4, 0.5) is 10.1 Å². The molecular formula is C14H11FN2O4. The first-order valence-electron chi connectivity index (χ1n) is 5.93. The number of hydrogen-bond donors (Lipinski definition) is 1. The molecule has 0 aliphatic rings.